The summed E-state index contributed by atoms with van der Waals surface area (Å²) < 4.78 is 9.84. The molecule has 19 heavy (non-hydrogen) atoms. The minimum atomic E-state index is -0.285. The Morgan fingerprint density at radius 1 is 1.26 bits per heavy atom. The molecule has 1 rings (SSSR count). The Morgan fingerprint density at radius 3 is 2.63 bits per heavy atom. The SMILES string of the molecule is CCOC(=O)CCCC(=O)c1cc(OC)ccc1Cl. The van der Waals surface area contributed by atoms with Crippen molar-refractivity contribution in [2.45, 2.75) is 26.2 Å². The molecule has 0 aliphatic heterocycles. The molecule has 0 unspecified atom stereocenters. The number of hydrogen-bond acceptors (Lipinski definition) is 4. The topological polar surface area (TPSA) is 52.6 Å². The quantitative estimate of drug-likeness (QED) is 0.570. The first kappa shape index (κ1) is 15.5. The fourth-order valence-corrected chi connectivity index (χ4v) is 1.83. The van der Waals surface area contributed by atoms with Gasteiger partial charge >= 0.3 is 5.97 Å². The first-order valence-corrected chi connectivity index (χ1v) is 6.48. The summed E-state index contributed by atoms with van der Waals surface area (Å²) in [5, 5.41) is 0.391. The Hall–Kier alpha value is -1.55. The van der Waals surface area contributed by atoms with Gasteiger partial charge in [0.1, 0.15) is 5.75 Å². The van der Waals surface area contributed by atoms with Crippen molar-refractivity contribution < 1.29 is 19.1 Å². The van der Waals surface area contributed by atoms with Crippen molar-refractivity contribution in [1.82, 2.24) is 0 Å². The standard InChI is InChI=1S/C14H17ClO4/c1-3-19-14(17)6-4-5-13(16)11-9-10(18-2)7-8-12(11)15/h7-9H,3-6H2,1-2H3. The minimum absolute atomic E-state index is 0.104. The fourth-order valence-electron chi connectivity index (χ4n) is 1.61. The molecule has 0 atom stereocenters. The second kappa shape index (κ2) is 7.79. The van der Waals surface area contributed by atoms with E-state index in [1.54, 1.807) is 25.1 Å². The van der Waals surface area contributed by atoms with Crippen LogP contribution >= 0.6 is 11.6 Å². The number of esters is 1. The summed E-state index contributed by atoms with van der Waals surface area (Å²) in [6, 6.07) is 4.92. The van der Waals surface area contributed by atoms with Crippen molar-refractivity contribution in [3.63, 3.8) is 0 Å². The Morgan fingerprint density at radius 2 is 2.00 bits per heavy atom. The highest BCUT2D eigenvalue weighted by molar-refractivity contribution is 6.34. The average molecular weight is 285 g/mol. The van der Waals surface area contributed by atoms with Gasteiger partial charge in [-0.05, 0) is 31.5 Å². The molecule has 4 nitrogen and oxygen atoms in total. The molecule has 0 saturated heterocycles. The molecule has 0 aromatic heterocycles. The van der Waals surface area contributed by atoms with Gasteiger partial charge in [0, 0.05) is 18.4 Å². The van der Waals surface area contributed by atoms with Gasteiger partial charge in [-0.25, -0.2) is 0 Å². The third kappa shape index (κ3) is 4.91. The van der Waals surface area contributed by atoms with E-state index in [2.05, 4.69) is 0 Å². The number of halogens is 1. The van der Waals surface area contributed by atoms with Gasteiger partial charge in [0.15, 0.2) is 5.78 Å². The van der Waals surface area contributed by atoms with Gasteiger partial charge in [-0.3, -0.25) is 9.59 Å². The zero-order valence-electron chi connectivity index (χ0n) is 11.1. The number of carbonyl (C=O) groups excluding carboxylic acids is 2. The summed E-state index contributed by atoms with van der Waals surface area (Å²) in [7, 11) is 1.53. The van der Waals surface area contributed by atoms with Gasteiger partial charge in [-0.2, -0.15) is 0 Å². The summed E-state index contributed by atoms with van der Waals surface area (Å²) in [6.45, 7) is 2.10. The molecular weight excluding hydrogens is 268 g/mol. The summed E-state index contributed by atoms with van der Waals surface area (Å²) in [4.78, 5) is 23.1. The molecular formula is C14H17ClO4. The Balaban J connectivity index is 2.56. The highest BCUT2D eigenvalue weighted by atomic mass is 35.5. The molecule has 5 heteroatoms. The third-order valence-corrected chi connectivity index (χ3v) is 2.89. The van der Waals surface area contributed by atoms with Crippen molar-refractivity contribution in [1.29, 1.82) is 0 Å². The predicted molar refractivity (Wildman–Crippen MR) is 72.8 cm³/mol. The van der Waals surface area contributed by atoms with E-state index in [0.29, 0.717) is 29.4 Å². The molecule has 0 radical (unpaired) electrons. The summed E-state index contributed by atoms with van der Waals surface area (Å²) in [5.41, 5.74) is 0.421. The van der Waals surface area contributed by atoms with Crippen LogP contribution in [0.15, 0.2) is 18.2 Å². The largest absolute Gasteiger partial charge is 0.497 e. The number of benzene rings is 1. The Kier molecular flexibility index (Phi) is 6.36. The molecule has 0 bridgehead atoms. The van der Waals surface area contributed by atoms with Gasteiger partial charge in [0.25, 0.3) is 0 Å². The molecule has 0 fully saturated rings. The smallest absolute Gasteiger partial charge is 0.305 e. The highest BCUT2D eigenvalue weighted by Gasteiger charge is 2.12. The van der Waals surface area contributed by atoms with Crippen LogP contribution in [0.3, 0.4) is 0 Å². The maximum Gasteiger partial charge on any atom is 0.305 e. The minimum Gasteiger partial charge on any atom is -0.497 e. The average Bonchev–Trinajstić information content (AvgIpc) is 2.39. The summed E-state index contributed by atoms with van der Waals surface area (Å²) in [5.74, 6) is 0.193. The molecule has 0 spiro atoms. The number of rotatable bonds is 7. The molecule has 0 saturated carbocycles. The summed E-state index contributed by atoms with van der Waals surface area (Å²) in [6.07, 6.45) is 0.943. The van der Waals surface area contributed by atoms with Crippen LogP contribution < -0.4 is 4.74 Å². The Bertz CT molecular complexity index is 457. The molecule has 1 aromatic rings. The number of ether oxygens (including phenoxy) is 2. The molecule has 104 valence electrons. The lowest BCUT2D eigenvalue weighted by Gasteiger charge is -2.06. The molecule has 0 heterocycles. The maximum absolute atomic E-state index is 12.0. The van der Waals surface area contributed by atoms with Crippen LogP contribution in [0, 0.1) is 0 Å². The van der Waals surface area contributed by atoms with E-state index in [-0.39, 0.29) is 24.6 Å². The number of ketones is 1. The molecule has 0 N–H and O–H groups in total. The van der Waals surface area contributed by atoms with Crippen molar-refractivity contribution in [3.8, 4) is 5.75 Å². The maximum atomic E-state index is 12.0. The van der Waals surface area contributed by atoms with Crippen LogP contribution in [0.4, 0.5) is 0 Å². The lowest BCUT2D eigenvalue weighted by atomic mass is 10.1. The van der Waals surface area contributed by atoms with Crippen molar-refractivity contribution >= 4 is 23.4 Å². The van der Waals surface area contributed by atoms with Gasteiger partial charge < -0.3 is 9.47 Å². The van der Waals surface area contributed by atoms with Crippen LogP contribution in [-0.2, 0) is 9.53 Å². The number of carbonyl (C=O) groups is 2. The lowest BCUT2D eigenvalue weighted by molar-refractivity contribution is -0.143. The zero-order chi connectivity index (χ0) is 14.3. The fraction of sp³-hybridized carbons (Fsp3) is 0.429. The number of Topliss-reactive ketones (excluding diaryl/α,β-unsaturated/α-hetero) is 1. The van der Waals surface area contributed by atoms with Gasteiger partial charge in [-0.1, -0.05) is 11.6 Å². The van der Waals surface area contributed by atoms with Crippen molar-refractivity contribution in [2.75, 3.05) is 13.7 Å². The molecule has 1 aromatic carbocycles. The zero-order valence-corrected chi connectivity index (χ0v) is 11.8. The van der Waals surface area contributed by atoms with Crippen LogP contribution in [0.25, 0.3) is 0 Å². The molecule has 0 amide bonds. The van der Waals surface area contributed by atoms with E-state index in [9.17, 15) is 9.59 Å². The van der Waals surface area contributed by atoms with E-state index in [0.717, 1.165) is 0 Å². The second-order valence-electron chi connectivity index (χ2n) is 3.93. The van der Waals surface area contributed by atoms with Crippen LogP contribution in [0.5, 0.6) is 5.75 Å². The third-order valence-electron chi connectivity index (χ3n) is 2.56. The first-order chi connectivity index (χ1) is 9.08. The van der Waals surface area contributed by atoms with E-state index in [1.807, 2.05) is 0 Å². The Labute approximate surface area is 117 Å². The van der Waals surface area contributed by atoms with E-state index in [4.69, 9.17) is 21.1 Å². The molecule has 0 aliphatic rings. The first-order valence-electron chi connectivity index (χ1n) is 6.10. The second-order valence-corrected chi connectivity index (χ2v) is 4.33. The van der Waals surface area contributed by atoms with Crippen molar-refractivity contribution in [3.05, 3.63) is 28.8 Å². The lowest BCUT2D eigenvalue weighted by Crippen LogP contribution is -2.06. The molecule has 0 aliphatic carbocycles. The number of hydrogen-bond donors (Lipinski definition) is 0. The van der Waals surface area contributed by atoms with Gasteiger partial charge in [0.2, 0.25) is 0 Å². The van der Waals surface area contributed by atoms with Crippen LogP contribution in [-0.4, -0.2) is 25.5 Å². The van der Waals surface area contributed by atoms with Gasteiger partial charge in [-0.15, -0.1) is 0 Å². The van der Waals surface area contributed by atoms with E-state index in [1.165, 1.54) is 7.11 Å². The van der Waals surface area contributed by atoms with E-state index >= 15 is 0 Å². The number of methoxy groups -OCH3 is 1. The van der Waals surface area contributed by atoms with E-state index < -0.39 is 0 Å². The van der Waals surface area contributed by atoms with Crippen molar-refractivity contribution in [2.24, 2.45) is 0 Å². The van der Waals surface area contributed by atoms with Crippen LogP contribution in [0.1, 0.15) is 36.5 Å². The highest BCUT2D eigenvalue weighted by Crippen LogP contribution is 2.23. The summed E-state index contributed by atoms with van der Waals surface area (Å²) >= 11 is 5.97. The predicted octanol–water partition coefficient (Wildman–Crippen LogP) is 3.26. The normalized spacial score (nSPS) is 10.1. The van der Waals surface area contributed by atoms with Gasteiger partial charge in [0.05, 0.1) is 18.7 Å². The monoisotopic (exact) mass is 284 g/mol. The van der Waals surface area contributed by atoms with Crippen LogP contribution in [0.2, 0.25) is 5.02 Å².